The molecule has 0 heterocycles. The highest BCUT2D eigenvalue weighted by atomic mass is 16.5. The Labute approximate surface area is 114 Å². The SMILES string of the molecule is CCC(O)(CC)CCNC(=O)OCc1ccccc1. The second-order valence-corrected chi connectivity index (χ2v) is 4.67. The minimum Gasteiger partial charge on any atom is -0.445 e. The van der Waals surface area contributed by atoms with Gasteiger partial charge in [0.2, 0.25) is 0 Å². The van der Waals surface area contributed by atoms with Crippen molar-refractivity contribution in [3.05, 3.63) is 35.9 Å². The highest BCUT2D eigenvalue weighted by Gasteiger charge is 2.21. The summed E-state index contributed by atoms with van der Waals surface area (Å²) in [5, 5.41) is 12.7. The molecule has 106 valence electrons. The van der Waals surface area contributed by atoms with Gasteiger partial charge in [0.25, 0.3) is 0 Å². The van der Waals surface area contributed by atoms with Crippen molar-refractivity contribution in [2.45, 2.75) is 45.3 Å². The quantitative estimate of drug-likeness (QED) is 0.797. The summed E-state index contributed by atoms with van der Waals surface area (Å²) in [5.41, 5.74) is 0.267. The van der Waals surface area contributed by atoms with Gasteiger partial charge in [-0.2, -0.15) is 0 Å². The first-order valence-electron chi connectivity index (χ1n) is 6.76. The molecular formula is C15H23NO3. The van der Waals surface area contributed by atoms with Gasteiger partial charge in [-0.1, -0.05) is 44.2 Å². The van der Waals surface area contributed by atoms with Gasteiger partial charge < -0.3 is 15.2 Å². The third-order valence-corrected chi connectivity index (χ3v) is 3.39. The van der Waals surface area contributed by atoms with E-state index in [2.05, 4.69) is 5.32 Å². The molecule has 0 saturated heterocycles. The van der Waals surface area contributed by atoms with Crippen molar-refractivity contribution in [2.24, 2.45) is 0 Å². The normalized spacial score (nSPS) is 11.1. The molecule has 4 heteroatoms. The summed E-state index contributed by atoms with van der Waals surface area (Å²) in [6, 6.07) is 9.53. The molecule has 2 N–H and O–H groups in total. The fourth-order valence-corrected chi connectivity index (χ4v) is 1.77. The van der Waals surface area contributed by atoms with E-state index in [1.54, 1.807) is 0 Å². The van der Waals surface area contributed by atoms with E-state index >= 15 is 0 Å². The molecule has 0 bridgehead atoms. The first-order valence-corrected chi connectivity index (χ1v) is 6.76. The Bertz CT molecular complexity index is 374. The number of amides is 1. The molecule has 0 aromatic heterocycles. The zero-order chi connectivity index (χ0) is 14.1. The first-order chi connectivity index (χ1) is 9.09. The molecule has 0 saturated carbocycles. The smallest absolute Gasteiger partial charge is 0.407 e. The Hall–Kier alpha value is -1.55. The van der Waals surface area contributed by atoms with Gasteiger partial charge in [0, 0.05) is 6.54 Å². The number of alkyl carbamates (subject to hydrolysis) is 1. The van der Waals surface area contributed by atoms with Crippen LogP contribution in [-0.4, -0.2) is 23.3 Å². The van der Waals surface area contributed by atoms with Crippen LogP contribution in [0.5, 0.6) is 0 Å². The van der Waals surface area contributed by atoms with Gasteiger partial charge in [-0.25, -0.2) is 4.79 Å². The lowest BCUT2D eigenvalue weighted by atomic mass is 9.94. The average Bonchev–Trinajstić information content (AvgIpc) is 2.46. The van der Waals surface area contributed by atoms with Gasteiger partial charge >= 0.3 is 6.09 Å². The molecule has 0 aliphatic heterocycles. The van der Waals surface area contributed by atoms with E-state index in [1.165, 1.54) is 0 Å². The number of benzene rings is 1. The second-order valence-electron chi connectivity index (χ2n) is 4.67. The van der Waals surface area contributed by atoms with E-state index in [0.717, 1.165) is 5.56 Å². The molecule has 19 heavy (non-hydrogen) atoms. The molecule has 0 spiro atoms. The van der Waals surface area contributed by atoms with Crippen molar-refractivity contribution in [3.63, 3.8) is 0 Å². The molecule has 0 aliphatic carbocycles. The van der Waals surface area contributed by atoms with Crippen LogP contribution in [-0.2, 0) is 11.3 Å². The van der Waals surface area contributed by atoms with E-state index in [-0.39, 0.29) is 6.61 Å². The Morgan fingerprint density at radius 1 is 1.26 bits per heavy atom. The first kappa shape index (κ1) is 15.5. The van der Waals surface area contributed by atoms with Crippen molar-refractivity contribution in [1.29, 1.82) is 0 Å². The molecule has 1 aromatic rings. The summed E-state index contributed by atoms with van der Waals surface area (Å²) < 4.78 is 5.08. The van der Waals surface area contributed by atoms with Crippen LogP contribution in [0.15, 0.2) is 30.3 Å². The minimum atomic E-state index is -0.688. The van der Waals surface area contributed by atoms with Gasteiger partial charge in [0.05, 0.1) is 5.60 Å². The summed E-state index contributed by atoms with van der Waals surface area (Å²) >= 11 is 0. The summed E-state index contributed by atoms with van der Waals surface area (Å²) in [6.07, 6.45) is 1.47. The minimum absolute atomic E-state index is 0.262. The Kier molecular flexibility index (Phi) is 6.36. The van der Waals surface area contributed by atoms with Crippen LogP contribution in [0.3, 0.4) is 0 Å². The van der Waals surface area contributed by atoms with Gasteiger partial charge in [-0.15, -0.1) is 0 Å². The van der Waals surface area contributed by atoms with Crippen LogP contribution in [0.4, 0.5) is 4.79 Å². The lowest BCUT2D eigenvalue weighted by Gasteiger charge is -2.24. The monoisotopic (exact) mass is 265 g/mol. The number of ether oxygens (including phenoxy) is 1. The fraction of sp³-hybridized carbons (Fsp3) is 0.533. The van der Waals surface area contributed by atoms with Crippen molar-refractivity contribution < 1.29 is 14.6 Å². The molecular weight excluding hydrogens is 242 g/mol. The van der Waals surface area contributed by atoms with Crippen LogP contribution in [0.25, 0.3) is 0 Å². The Balaban J connectivity index is 2.22. The van der Waals surface area contributed by atoms with Crippen LogP contribution in [0.2, 0.25) is 0 Å². The predicted octanol–water partition coefficient (Wildman–Crippen LogP) is 2.85. The van der Waals surface area contributed by atoms with E-state index in [0.29, 0.717) is 25.8 Å². The van der Waals surface area contributed by atoms with Crippen LogP contribution < -0.4 is 5.32 Å². The largest absolute Gasteiger partial charge is 0.445 e. The maximum absolute atomic E-state index is 11.5. The number of hydrogen-bond acceptors (Lipinski definition) is 3. The molecule has 0 atom stereocenters. The molecule has 1 amide bonds. The van der Waals surface area contributed by atoms with Gasteiger partial charge in [-0.3, -0.25) is 0 Å². The topological polar surface area (TPSA) is 58.6 Å². The van der Waals surface area contributed by atoms with E-state index in [4.69, 9.17) is 4.74 Å². The van der Waals surface area contributed by atoms with E-state index in [9.17, 15) is 9.90 Å². The van der Waals surface area contributed by atoms with Gasteiger partial charge in [-0.05, 0) is 24.8 Å². The summed E-state index contributed by atoms with van der Waals surface area (Å²) in [6.45, 7) is 4.57. The molecule has 4 nitrogen and oxygen atoms in total. The van der Waals surface area contributed by atoms with Crippen LogP contribution in [0, 0.1) is 0 Å². The summed E-state index contributed by atoms with van der Waals surface area (Å²) in [7, 11) is 0. The fourth-order valence-electron chi connectivity index (χ4n) is 1.77. The highest BCUT2D eigenvalue weighted by Crippen LogP contribution is 2.18. The lowest BCUT2D eigenvalue weighted by molar-refractivity contribution is 0.0238. The third-order valence-electron chi connectivity index (χ3n) is 3.39. The highest BCUT2D eigenvalue weighted by molar-refractivity contribution is 5.67. The lowest BCUT2D eigenvalue weighted by Crippen LogP contribution is -2.34. The van der Waals surface area contributed by atoms with Gasteiger partial charge in [0.15, 0.2) is 0 Å². The second kappa shape index (κ2) is 7.79. The number of carbonyl (C=O) groups excluding carboxylic acids is 1. The van der Waals surface area contributed by atoms with Crippen molar-refractivity contribution in [3.8, 4) is 0 Å². The number of aliphatic hydroxyl groups is 1. The summed E-state index contributed by atoms with van der Waals surface area (Å²) in [5.74, 6) is 0. The molecule has 1 rings (SSSR count). The maximum Gasteiger partial charge on any atom is 0.407 e. The van der Waals surface area contributed by atoms with Crippen molar-refractivity contribution in [2.75, 3.05) is 6.54 Å². The predicted molar refractivity (Wildman–Crippen MR) is 74.8 cm³/mol. The van der Waals surface area contributed by atoms with Gasteiger partial charge in [0.1, 0.15) is 6.61 Å². The maximum atomic E-state index is 11.5. The number of rotatable bonds is 7. The third kappa shape index (κ3) is 5.75. The molecule has 0 radical (unpaired) electrons. The average molecular weight is 265 g/mol. The molecule has 0 aliphatic rings. The molecule has 0 fully saturated rings. The van der Waals surface area contributed by atoms with Crippen molar-refractivity contribution in [1.82, 2.24) is 5.32 Å². The zero-order valence-electron chi connectivity index (χ0n) is 11.7. The van der Waals surface area contributed by atoms with Crippen LogP contribution in [0.1, 0.15) is 38.7 Å². The van der Waals surface area contributed by atoms with E-state index in [1.807, 2.05) is 44.2 Å². The molecule has 1 aromatic carbocycles. The molecule has 0 unspecified atom stereocenters. The number of carbonyl (C=O) groups is 1. The number of hydrogen-bond donors (Lipinski definition) is 2. The summed E-state index contributed by atoms with van der Waals surface area (Å²) in [4.78, 5) is 11.5. The standard InChI is InChI=1S/C15H23NO3/c1-3-15(18,4-2)10-11-16-14(17)19-12-13-8-6-5-7-9-13/h5-9,18H,3-4,10-12H2,1-2H3,(H,16,17). The van der Waals surface area contributed by atoms with Crippen molar-refractivity contribution >= 4 is 6.09 Å². The van der Waals surface area contributed by atoms with E-state index < -0.39 is 11.7 Å². The zero-order valence-corrected chi connectivity index (χ0v) is 11.7. The number of nitrogens with one attached hydrogen (secondary N) is 1. The Morgan fingerprint density at radius 2 is 1.89 bits per heavy atom. The Morgan fingerprint density at radius 3 is 2.47 bits per heavy atom. The van der Waals surface area contributed by atoms with Crippen LogP contribution >= 0.6 is 0 Å².